The van der Waals surface area contributed by atoms with Crippen molar-refractivity contribution >= 4 is 23.2 Å². The summed E-state index contributed by atoms with van der Waals surface area (Å²) >= 11 is 0. The molecule has 0 aliphatic heterocycles. The molecule has 0 N–H and O–H groups in total. The predicted octanol–water partition coefficient (Wildman–Crippen LogP) is 3.89. The van der Waals surface area contributed by atoms with Gasteiger partial charge >= 0.3 is 23.6 Å². The third-order valence-electron chi connectivity index (χ3n) is 3.03. The molecule has 0 aliphatic rings. The molecule has 9 nitrogen and oxygen atoms in total. The molecular weight excluding hydrogens is 351 g/mol. The van der Waals surface area contributed by atoms with Gasteiger partial charge in [0.1, 0.15) is 0 Å². The molecular formula is C13H14F3N3O6. The lowest BCUT2D eigenvalue weighted by Gasteiger charge is -2.20. The number of carbonyl (C=O) groups excluding carboxylic acids is 1. The van der Waals surface area contributed by atoms with Gasteiger partial charge in [0.2, 0.25) is 5.69 Å². The molecule has 1 aromatic rings. The van der Waals surface area contributed by atoms with Gasteiger partial charge in [-0.15, -0.1) is 0 Å². The number of amides is 1. The average molecular weight is 365 g/mol. The Morgan fingerprint density at radius 1 is 1.16 bits per heavy atom. The summed E-state index contributed by atoms with van der Waals surface area (Å²) < 4.78 is 43.4. The van der Waals surface area contributed by atoms with Crippen molar-refractivity contribution in [2.75, 3.05) is 18.1 Å². The van der Waals surface area contributed by atoms with E-state index in [1.54, 1.807) is 6.92 Å². The quantitative estimate of drug-likeness (QED) is 0.558. The number of alkyl halides is 3. The molecule has 12 heteroatoms. The first-order valence-corrected chi connectivity index (χ1v) is 7.02. The first-order chi connectivity index (χ1) is 11.5. The maximum Gasteiger partial charge on any atom is 0.416 e. The highest BCUT2D eigenvalue weighted by Crippen LogP contribution is 2.43. The molecule has 138 valence electrons. The Bertz CT molecular complexity index is 657. The minimum absolute atomic E-state index is 0.0580. The fourth-order valence-electron chi connectivity index (χ4n) is 1.97. The van der Waals surface area contributed by atoms with Crippen LogP contribution in [-0.4, -0.2) is 29.1 Å². The molecule has 0 unspecified atom stereocenters. The maximum absolute atomic E-state index is 12.9. The van der Waals surface area contributed by atoms with Gasteiger partial charge in [0.25, 0.3) is 0 Å². The van der Waals surface area contributed by atoms with Crippen molar-refractivity contribution in [3.8, 4) is 0 Å². The number of hydrogen-bond donors (Lipinski definition) is 0. The van der Waals surface area contributed by atoms with E-state index in [1.165, 1.54) is 6.92 Å². The minimum Gasteiger partial charge on any atom is -0.449 e. The number of nitro groups is 2. The Balaban J connectivity index is 3.67. The van der Waals surface area contributed by atoms with E-state index < -0.39 is 44.7 Å². The summed E-state index contributed by atoms with van der Waals surface area (Å²) in [7, 11) is 0. The molecule has 0 atom stereocenters. The topological polar surface area (TPSA) is 116 Å². The van der Waals surface area contributed by atoms with Crippen molar-refractivity contribution in [1.82, 2.24) is 0 Å². The average Bonchev–Trinajstić information content (AvgIpc) is 2.51. The van der Waals surface area contributed by atoms with Gasteiger partial charge in [-0.1, -0.05) is 6.92 Å². The standard InChI is InChI=1S/C13H14F3N3O6/c1-3-5-25-12(20)17(4-2)11-9(18(21)22)6-8(13(14,15)16)7-10(11)19(23)24/h6-7H,3-5H2,1-2H3. The van der Waals surface area contributed by atoms with Crippen LogP contribution in [-0.2, 0) is 10.9 Å². The summed E-state index contributed by atoms with van der Waals surface area (Å²) in [4.78, 5) is 32.5. The molecule has 25 heavy (non-hydrogen) atoms. The second kappa shape index (κ2) is 7.77. The molecule has 1 rings (SSSR count). The zero-order valence-corrected chi connectivity index (χ0v) is 13.2. The van der Waals surface area contributed by atoms with Crippen molar-refractivity contribution in [3.63, 3.8) is 0 Å². The van der Waals surface area contributed by atoms with Crippen LogP contribution < -0.4 is 4.90 Å². The van der Waals surface area contributed by atoms with Gasteiger partial charge in [-0.05, 0) is 13.3 Å². The van der Waals surface area contributed by atoms with Crippen molar-refractivity contribution in [1.29, 1.82) is 0 Å². The van der Waals surface area contributed by atoms with Crippen molar-refractivity contribution in [3.05, 3.63) is 37.9 Å². The predicted molar refractivity (Wildman–Crippen MR) is 79.4 cm³/mol. The first-order valence-electron chi connectivity index (χ1n) is 7.02. The number of rotatable bonds is 6. The van der Waals surface area contributed by atoms with Crippen LogP contribution >= 0.6 is 0 Å². The molecule has 0 saturated heterocycles. The monoisotopic (exact) mass is 365 g/mol. The molecule has 0 heterocycles. The largest absolute Gasteiger partial charge is 0.449 e. The molecule has 0 fully saturated rings. The van der Waals surface area contributed by atoms with Crippen LogP contribution in [0.25, 0.3) is 0 Å². The third-order valence-corrected chi connectivity index (χ3v) is 3.03. The number of ether oxygens (including phenoxy) is 1. The maximum atomic E-state index is 12.9. The molecule has 1 aromatic carbocycles. The lowest BCUT2D eigenvalue weighted by Crippen LogP contribution is -2.32. The van der Waals surface area contributed by atoms with Gasteiger partial charge in [-0.2, -0.15) is 13.2 Å². The second-order valence-electron chi connectivity index (χ2n) is 4.73. The van der Waals surface area contributed by atoms with E-state index in [4.69, 9.17) is 4.74 Å². The number of carbonyl (C=O) groups is 1. The van der Waals surface area contributed by atoms with Gasteiger partial charge in [-0.3, -0.25) is 25.1 Å². The number of nitrogens with zero attached hydrogens (tertiary/aromatic N) is 3. The molecule has 0 bridgehead atoms. The smallest absolute Gasteiger partial charge is 0.416 e. The highest BCUT2D eigenvalue weighted by atomic mass is 19.4. The van der Waals surface area contributed by atoms with Gasteiger partial charge in [0.15, 0.2) is 0 Å². The molecule has 0 aromatic heterocycles. The number of halogens is 3. The number of hydrogen-bond acceptors (Lipinski definition) is 6. The summed E-state index contributed by atoms with van der Waals surface area (Å²) in [5, 5.41) is 22.3. The Morgan fingerprint density at radius 3 is 1.96 bits per heavy atom. The molecule has 0 saturated carbocycles. The SMILES string of the molecule is CCCOC(=O)N(CC)c1c([N+](=O)[O-])cc(C(F)(F)F)cc1[N+](=O)[O-]. The van der Waals surface area contributed by atoms with Crippen LogP contribution in [0, 0.1) is 20.2 Å². The van der Waals surface area contributed by atoms with Crippen LogP contribution in [0.15, 0.2) is 12.1 Å². The fourth-order valence-corrected chi connectivity index (χ4v) is 1.97. The van der Waals surface area contributed by atoms with E-state index in [0.717, 1.165) is 0 Å². The number of benzene rings is 1. The van der Waals surface area contributed by atoms with Crippen LogP contribution in [0.2, 0.25) is 0 Å². The Kier molecular flexibility index (Phi) is 6.25. The van der Waals surface area contributed by atoms with Crippen molar-refractivity contribution in [2.24, 2.45) is 0 Å². The van der Waals surface area contributed by atoms with Gasteiger partial charge < -0.3 is 4.74 Å². The number of nitro benzene ring substituents is 2. The highest BCUT2D eigenvalue weighted by molar-refractivity contribution is 5.94. The summed E-state index contributed by atoms with van der Waals surface area (Å²) in [6.45, 7) is 2.68. The lowest BCUT2D eigenvalue weighted by molar-refractivity contribution is -0.393. The fraction of sp³-hybridized carbons (Fsp3) is 0.462. The van der Waals surface area contributed by atoms with E-state index in [1.807, 2.05) is 0 Å². The van der Waals surface area contributed by atoms with Gasteiger partial charge in [0.05, 0.1) is 22.0 Å². The summed E-state index contributed by atoms with van der Waals surface area (Å²) in [5.41, 5.74) is -4.84. The third kappa shape index (κ3) is 4.55. The van der Waals surface area contributed by atoms with Gasteiger partial charge in [-0.25, -0.2) is 4.79 Å². The Hall–Kier alpha value is -2.92. The van der Waals surface area contributed by atoms with Crippen LogP contribution in [0.4, 0.5) is 35.0 Å². The number of anilines is 1. The minimum atomic E-state index is -5.03. The zero-order chi connectivity index (χ0) is 19.4. The molecule has 1 amide bonds. The second-order valence-corrected chi connectivity index (χ2v) is 4.73. The summed E-state index contributed by atoms with van der Waals surface area (Å²) in [6, 6.07) is 0.302. The summed E-state index contributed by atoms with van der Waals surface area (Å²) in [6.07, 6.45) is -5.75. The van der Waals surface area contributed by atoms with Gasteiger partial charge in [0, 0.05) is 18.7 Å². The molecule has 0 spiro atoms. The van der Waals surface area contributed by atoms with Crippen molar-refractivity contribution in [2.45, 2.75) is 26.4 Å². The zero-order valence-electron chi connectivity index (χ0n) is 13.2. The normalized spacial score (nSPS) is 11.1. The van der Waals surface area contributed by atoms with E-state index in [-0.39, 0.29) is 25.3 Å². The Labute approximate surface area is 139 Å². The van der Waals surface area contributed by atoms with E-state index in [9.17, 15) is 38.2 Å². The van der Waals surface area contributed by atoms with Crippen LogP contribution in [0.1, 0.15) is 25.8 Å². The molecule has 0 radical (unpaired) electrons. The Morgan fingerprint density at radius 2 is 1.64 bits per heavy atom. The lowest BCUT2D eigenvalue weighted by atomic mass is 10.1. The van der Waals surface area contributed by atoms with E-state index in [0.29, 0.717) is 11.3 Å². The van der Waals surface area contributed by atoms with Crippen LogP contribution in [0.3, 0.4) is 0 Å². The van der Waals surface area contributed by atoms with Crippen LogP contribution in [0.5, 0.6) is 0 Å². The van der Waals surface area contributed by atoms with Crippen molar-refractivity contribution < 1.29 is 32.5 Å². The van der Waals surface area contributed by atoms with E-state index in [2.05, 4.69) is 0 Å². The van der Waals surface area contributed by atoms with E-state index >= 15 is 0 Å². The highest BCUT2D eigenvalue weighted by Gasteiger charge is 2.40. The summed E-state index contributed by atoms with van der Waals surface area (Å²) in [5.74, 6) is 0. The first kappa shape index (κ1) is 20.1. The molecule has 0 aliphatic carbocycles.